The summed E-state index contributed by atoms with van der Waals surface area (Å²) in [6, 6.07) is 1.62. The summed E-state index contributed by atoms with van der Waals surface area (Å²) in [5.74, 6) is 0.309. The second-order valence-electron chi connectivity index (χ2n) is 2.83. The largest absolute Gasteiger partial charge is 0.439 e. The molecule has 0 aromatic carbocycles. The van der Waals surface area contributed by atoms with E-state index >= 15 is 0 Å². The summed E-state index contributed by atoms with van der Waals surface area (Å²) >= 11 is 0. The van der Waals surface area contributed by atoms with Gasteiger partial charge in [-0.3, -0.25) is 0 Å². The van der Waals surface area contributed by atoms with Gasteiger partial charge in [-0.25, -0.2) is 23.7 Å². The van der Waals surface area contributed by atoms with E-state index in [1.807, 2.05) is 0 Å². The van der Waals surface area contributed by atoms with Crippen molar-refractivity contribution in [2.45, 2.75) is 13.3 Å². The lowest BCUT2D eigenvalue weighted by atomic mass is 10.4. The van der Waals surface area contributed by atoms with Crippen molar-refractivity contribution in [3.05, 3.63) is 29.9 Å². The lowest BCUT2D eigenvalue weighted by molar-refractivity contribution is 0.145. The first-order valence-electron chi connectivity index (χ1n) is 4.21. The molecule has 0 aliphatic rings. The monoisotopic (exact) mass is 211 g/mol. The molecule has 15 heavy (non-hydrogen) atoms. The van der Waals surface area contributed by atoms with Crippen LogP contribution >= 0.6 is 0 Å². The number of hydrogen-bond acceptors (Lipinski definition) is 4. The predicted octanol–water partition coefficient (Wildman–Crippen LogP) is 2.38. The average Bonchev–Trinajstić information content (AvgIpc) is 2.62. The molecule has 0 amide bonds. The first-order chi connectivity index (χ1) is 7.18. The Morgan fingerprint density at radius 2 is 1.93 bits per heavy atom. The highest BCUT2D eigenvalue weighted by molar-refractivity contribution is 5.40. The van der Waals surface area contributed by atoms with E-state index in [1.165, 1.54) is 19.3 Å². The quantitative estimate of drug-likeness (QED) is 0.765. The molecule has 0 fully saturated rings. The summed E-state index contributed by atoms with van der Waals surface area (Å²) in [5, 5.41) is 0. The molecule has 0 saturated carbocycles. The van der Waals surface area contributed by atoms with E-state index < -0.39 is 6.43 Å². The predicted molar refractivity (Wildman–Crippen MR) is 47.2 cm³/mol. The number of hydrogen-bond donors (Lipinski definition) is 0. The number of halogens is 2. The lowest BCUT2D eigenvalue weighted by Gasteiger charge is -1.90. The van der Waals surface area contributed by atoms with E-state index in [0.29, 0.717) is 0 Å². The average molecular weight is 211 g/mol. The Labute approximate surface area is 84.0 Å². The molecule has 0 spiro atoms. The van der Waals surface area contributed by atoms with Crippen LogP contribution in [0.15, 0.2) is 22.9 Å². The molecule has 0 radical (unpaired) electrons. The minimum atomic E-state index is -2.65. The number of aryl methyl sites for hydroxylation is 1. The molecule has 0 aliphatic heterocycles. The van der Waals surface area contributed by atoms with Gasteiger partial charge in [0, 0.05) is 12.4 Å². The van der Waals surface area contributed by atoms with Gasteiger partial charge < -0.3 is 4.42 Å². The molecule has 0 saturated heterocycles. The van der Waals surface area contributed by atoms with E-state index in [-0.39, 0.29) is 23.2 Å². The Morgan fingerprint density at radius 1 is 1.27 bits per heavy atom. The van der Waals surface area contributed by atoms with Gasteiger partial charge in [0.2, 0.25) is 5.82 Å². The second kappa shape index (κ2) is 3.72. The van der Waals surface area contributed by atoms with Crippen molar-refractivity contribution in [2.75, 3.05) is 0 Å². The van der Waals surface area contributed by atoms with Gasteiger partial charge in [-0.2, -0.15) is 0 Å². The molecule has 6 heteroatoms. The minimum Gasteiger partial charge on any atom is -0.439 e. The van der Waals surface area contributed by atoms with Crippen LogP contribution in [0.25, 0.3) is 11.7 Å². The zero-order valence-electron chi connectivity index (χ0n) is 7.82. The maximum Gasteiger partial charge on any atom is 0.283 e. The molecule has 2 aromatic heterocycles. The summed E-state index contributed by atoms with van der Waals surface area (Å²) in [6.45, 7) is 1.43. The van der Waals surface area contributed by atoms with E-state index in [1.54, 1.807) is 6.07 Å². The number of rotatable bonds is 2. The van der Waals surface area contributed by atoms with Crippen LogP contribution in [-0.4, -0.2) is 15.0 Å². The van der Waals surface area contributed by atoms with Crippen LogP contribution in [0.4, 0.5) is 8.78 Å². The van der Waals surface area contributed by atoms with Crippen molar-refractivity contribution in [1.82, 2.24) is 15.0 Å². The van der Waals surface area contributed by atoms with Crippen LogP contribution in [0.5, 0.6) is 0 Å². The Bertz CT molecular complexity index is 456. The van der Waals surface area contributed by atoms with Gasteiger partial charge in [0.15, 0.2) is 0 Å². The summed E-state index contributed by atoms with van der Waals surface area (Å²) in [6.07, 6.45) is 0.333. The van der Waals surface area contributed by atoms with Crippen LogP contribution < -0.4 is 0 Å². The first kappa shape index (κ1) is 9.70. The van der Waals surface area contributed by atoms with Gasteiger partial charge in [-0.15, -0.1) is 0 Å². The van der Waals surface area contributed by atoms with Gasteiger partial charge >= 0.3 is 0 Å². The highest BCUT2D eigenvalue weighted by Crippen LogP contribution is 2.25. The van der Waals surface area contributed by atoms with Crippen molar-refractivity contribution in [1.29, 1.82) is 0 Å². The van der Waals surface area contributed by atoms with Crippen molar-refractivity contribution in [2.24, 2.45) is 0 Å². The lowest BCUT2D eigenvalue weighted by Crippen LogP contribution is -1.89. The fourth-order valence-corrected chi connectivity index (χ4v) is 1.12. The third kappa shape index (κ3) is 1.83. The van der Waals surface area contributed by atoms with Gasteiger partial charge in [0.25, 0.3) is 12.3 Å². The van der Waals surface area contributed by atoms with Gasteiger partial charge in [0.05, 0.1) is 0 Å². The normalized spacial score (nSPS) is 10.9. The standard InChI is InChI=1S/C9H7F2N3O/c1-5-6(7(10)11)14-9(15-5)8-12-3-2-4-13-8/h2-4,7H,1H3. The molecule has 2 aromatic rings. The third-order valence-corrected chi connectivity index (χ3v) is 1.80. The van der Waals surface area contributed by atoms with E-state index in [0.717, 1.165) is 0 Å². The molecule has 0 unspecified atom stereocenters. The summed E-state index contributed by atoms with van der Waals surface area (Å²) in [7, 11) is 0. The number of alkyl halides is 2. The summed E-state index contributed by atoms with van der Waals surface area (Å²) in [4.78, 5) is 11.3. The third-order valence-electron chi connectivity index (χ3n) is 1.80. The highest BCUT2D eigenvalue weighted by atomic mass is 19.3. The molecule has 0 atom stereocenters. The second-order valence-corrected chi connectivity index (χ2v) is 2.83. The van der Waals surface area contributed by atoms with E-state index in [4.69, 9.17) is 4.42 Å². The zero-order valence-corrected chi connectivity index (χ0v) is 7.82. The van der Waals surface area contributed by atoms with E-state index in [2.05, 4.69) is 15.0 Å². The van der Waals surface area contributed by atoms with Crippen LogP contribution in [0, 0.1) is 6.92 Å². The van der Waals surface area contributed by atoms with Crippen LogP contribution in [0.1, 0.15) is 17.9 Å². The fraction of sp³-hybridized carbons (Fsp3) is 0.222. The molecular weight excluding hydrogens is 204 g/mol. The molecule has 4 nitrogen and oxygen atoms in total. The summed E-state index contributed by atoms with van der Waals surface area (Å²) < 4.78 is 29.8. The van der Waals surface area contributed by atoms with Gasteiger partial charge in [-0.05, 0) is 13.0 Å². The van der Waals surface area contributed by atoms with Gasteiger partial charge in [-0.1, -0.05) is 0 Å². The molecular formula is C9H7F2N3O. The van der Waals surface area contributed by atoms with Crippen molar-refractivity contribution in [3.63, 3.8) is 0 Å². The van der Waals surface area contributed by atoms with E-state index in [9.17, 15) is 8.78 Å². The van der Waals surface area contributed by atoms with Gasteiger partial charge in [0.1, 0.15) is 11.5 Å². The summed E-state index contributed by atoms with van der Waals surface area (Å²) in [5.41, 5.74) is -0.363. The molecule has 78 valence electrons. The maximum absolute atomic E-state index is 12.4. The smallest absolute Gasteiger partial charge is 0.283 e. The fourth-order valence-electron chi connectivity index (χ4n) is 1.12. The number of nitrogens with zero attached hydrogens (tertiary/aromatic N) is 3. The topological polar surface area (TPSA) is 51.8 Å². The van der Waals surface area contributed by atoms with Crippen LogP contribution in [0.2, 0.25) is 0 Å². The molecule has 0 aliphatic carbocycles. The molecule has 0 N–H and O–H groups in total. The molecule has 2 heterocycles. The first-order valence-corrected chi connectivity index (χ1v) is 4.21. The van der Waals surface area contributed by atoms with Crippen LogP contribution in [-0.2, 0) is 0 Å². The van der Waals surface area contributed by atoms with Crippen molar-refractivity contribution >= 4 is 0 Å². The Morgan fingerprint density at radius 3 is 2.47 bits per heavy atom. The Hall–Kier alpha value is -1.85. The van der Waals surface area contributed by atoms with Crippen LogP contribution in [0.3, 0.4) is 0 Å². The maximum atomic E-state index is 12.4. The van der Waals surface area contributed by atoms with Crippen molar-refractivity contribution in [3.8, 4) is 11.7 Å². The Kier molecular flexibility index (Phi) is 2.40. The molecule has 0 bridgehead atoms. The van der Waals surface area contributed by atoms with Crippen molar-refractivity contribution < 1.29 is 13.2 Å². The number of aromatic nitrogens is 3. The SMILES string of the molecule is Cc1oc(-c2ncccn2)nc1C(F)F. The highest BCUT2D eigenvalue weighted by Gasteiger charge is 2.19. The minimum absolute atomic E-state index is 0.0170. The number of oxazole rings is 1. The molecule has 2 rings (SSSR count). The zero-order chi connectivity index (χ0) is 10.8. The Balaban J connectivity index is 2.43.